The van der Waals surface area contributed by atoms with Crippen molar-refractivity contribution in [3.05, 3.63) is 86.9 Å². The van der Waals surface area contributed by atoms with E-state index in [-0.39, 0.29) is 18.7 Å². The molecule has 0 saturated carbocycles. The minimum absolute atomic E-state index is 0.0859. The SMILES string of the molecule is CCOc1cc(/C=C(\C#N)C(=O)NCc2ccc(OC)cc2OC)c(Br)cc1OCc1ccccc1C#N. The van der Waals surface area contributed by atoms with Gasteiger partial charge in [0.15, 0.2) is 11.5 Å². The fourth-order valence-corrected chi connectivity index (χ4v) is 3.96. The molecule has 1 amide bonds. The topological polar surface area (TPSA) is 114 Å². The van der Waals surface area contributed by atoms with Crippen molar-refractivity contribution in [2.24, 2.45) is 0 Å². The fraction of sp³-hybridized carbons (Fsp3) is 0.207. The number of benzene rings is 3. The zero-order valence-corrected chi connectivity index (χ0v) is 22.8. The molecular formula is C29H26BrN3O5. The van der Waals surface area contributed by atoms with Gasteiger partial charge in [-0.05, 0) is 48.9 Å². The van der Waals surface area contributed by atoms with Crippen molar-refractivity contribution in [1.82, 2.24) is 5.32 Å². The monoisotopic (exact) mass is 575 g/mol. The number of hydrogen-bond acceptors (Lipinski definition) is 7. The standard InChI is InChI=1S/C29H26BrN3O5/c1-4-37-27-12-22(25(30)14-28(27)38-18-21-8-6-5-7-19(21)15-31)11-23(16-32)29(34)33-17-20-9-10-24(35-2)13-26(20)36-3/h5-14H,4,17-18H2,1-3H3,(H,33,34)/b23-11+. The number of carbonyl (C=O) groups excluding carboxylic acids is 1. The Morgan fingerprint density at radius 1 is 0.974 bits per heavy atom. The van der Waals surface area contributed by atoms with Gasteiger partial charge in [0, 0.05) is 28.2 Å². The van der Waals surface area contributed by atoms with Crippen LogP contribution in [0.15, 0.2) is 64.6 Å². The van der Waals surface area contributed by atoms with E-state index in [9.17, 15) is 15.3 Å². The predicted molar refractivity (Wildman–Crippen MR) is 146 cm³/mol. The Morgan fingerprint density at radius 2 is 1.74 bits per heavy atom. The highest BCUT2D eigenvalue weighted by Gasteiger charge is 2.15. The number of nitrogens with zero attached hydrogens (tertiary/aromatic N) is 2. The number of hydrogen-bond donors (Lipinski definition) is 1. The van der Waals surface area contributed by atoms with Crippen molar-refractivity contribution < 1.29 is 23.7 Å². The van der Waals surface area contributed by atoms with Crippen molar-refractivity contribution in [2.45, 2.75) is 20.1 Å². The number of rotatable bonds is 11. The van der Waals surface area contributed by atoms with E-state index in [1.165, 1.54) is 13.2 Å². The number of nitriles is 2. The molecule has 0 heterocycles. The maximum atomic E-state index is 12.8. The lowest BCUT2D eigenvalue weighted by Crippen LogP contribution is -2.24. The third-order valence-corrected chi connectivity index (χ3v) is 6.17. The van der Waals surface area contributed by atoms with Gasteiger partial charge in [0.05, 0.1) is 32.5 Å². The molecule has 0 fully saturated rings. The molecule has 3 rings (SSSR count). The molecule has 3 aromatic rings. The second-order valence-electron chi connectivity index (χ2n) is 7.84. The van der Waals surface area contributed by atoms with Gasteiger partial charge in [-0.2, -0.15) is 10.5 Å². The Bertz CT molecular complexity index is 1420. The third kappa shape index (κ3) is 7.06. The molecule has 0 radical (unpaired) electrons. The van der Waals surface area contributed by atoms with Gasteiger partial charge in [-0.1, -0.05) is 34.1 Å². The van der Waals surface area contributed by atoms with Crippen molar-refractivity contribution in [3.8, 4) is 35.1 Å². The molecule has 1 N–H and O–H groups in total. The Hall–Kier alpha value is -4.47. The van der Waals surface area contributed by atoms with Gasteiger partial charge in [0.2, 0.25) is 0 Å². The first kappa shape index (κ1) is 28.1. The van der Waals surface area contributed by atoms with Gasteiger partial charge < -0.3 is 24.3 Å². The van der Waals surface area contributed by atoms with Crippen LogP contribution in [0.5, 0.6) is 23.0 Å². The van der Waals surface area contributed by atoms with Crippen LogP contribution in [0.25, 0.3) is 6.08 Å². The first-order chi connectivity index (χ1) is 18.4. The van der Waals surface area contributed by atoms with Gasteiger partial charge in [0.1, 0.15) is 29.7 Å². The van der Waals surface area contributed by atoms with Crippen LogP contribution in [0.2, 0.25) is 0 Å². The summed E-state index contributed by atoms with van der Waals surface area (Å²) in [7, 11) is 3.09. The van der Waals surface area contributed by atoms with Crippen LogP contribution in [0.1, 0.15) is 29.2 Å². The van der Waals surface area contributed by atoms with E-state index in [0.717, 1.165) is 11.1 Å². The summed E-state index contributed by atoms with van der Waals surface area (Å²) in [6, 6.07) is 20.0. The number of methoxy groups -OCH3 is 2. The molecule has 9 heteroatoms. The van der Waals surface area contributed by atoms with E-state index in [0.29, 0.717) is 45.2 Å². The predicted octanol–water partition coefficient (Wildman–Crippen LogP) is 5.54. The number of carbonyl (C=O) groups is 1. The smallest absolute Gasteiger partial charge is 0.262 e. The summed E-state index contributed by atoms with van der Waals surface area (Å²) < 4.78 is 22.9. The molecule has 0 aliphatic rings. The fourth-order valence-electron chi connectivity index (χ4n) is 3.53. The highest BCUT2D eigenvalue weighted by atomic mass is 79.9. The molecule has 0 bridgehead atoms. The van der Waals surface area contributed by atoms with Gasteiger partial charge in [-0.3, -0.25) is 4.79 Å². The molecule has 194 valence electrons. The Morgan fingerprint density at radius 3 is 2.42 bits per heavy atom. The number of ether oxygens (including phenoxy) is 4. The maximum Gasteiger partial charge on any atom is 0.262 e. The summed E-state index contributed by atoms with van der Waals surface area (Å²) >= 11 is 3.50. The van der Waals surface area contributed by atoms with Gasteiger partial charge in [-0.15, -0.1) is 0 Å². The minimum atomic E-state index is -0.538. The Labute approximate surface area is 230 Å². The van der Waals surface area contributed by atoms with Gasteiger partial charge in [0.25, 0.3) is 5.91 Å². The van der Waals surface area contributed by atoms with Gasteiger partial charge in [-0.25, -0.2) is 0 Å². The summed E-state index contributed by atoms with van der Waals surface area (Å²) in [5, 5.41) is 21.8. The molecule has 0 atom stereocenters. The summed E-state index contributed by atoms with van der Waals surface area (Å²) in [6.07, 6.45) is 1.47. The molecular weight excluding hydrogens is 550 g/mol. The highest BCUT2D eigenvalue weighted by molar-refractivity contribution is 9.10. The molecule has 0 aromatic heterocycles. The van der Waals surface area contributed by atoms with E-state index in [1.54, 1.807) is 49.6 Å². The van der Waals surface area contributed by atoms with Crippen molar-refractivity contribution >= 4 is 27.9 Å². The van der Waals surface area contributed by atoms with Crippen LogP contribution >= 0.6 is 15.9 Å². The molecule has 8 nitrogen and oxygen atoms in total. The first-order valence-electron chi connectivity index (χ1n) is 11.6. The zero-order valence-electron chi connectivity index (χ0n) is 21.2. The Balaban J connectivity index is 1.81. The first-order valence-corrected chi connectivity index (χ1v) is 12.4. The third-order valence-electron chi connectivity index (χ3n) is 5.48. The second-order valence-corrected chi connectivity index (χ2v) is 8.70. The lowest BCUT2D eigenvalue weighted by atomic mass is 10.1. The summed E-state index contributed by atoms with van der Waals surface area (Å²) in [5.74, 6) is 1.55. The van der Waals surface area contributed by atoms with Crippen molar-refractivity contribution in [2.75, 3.05) is 20.8 Å². The van der Waals surface area contributed by atoms with Gasteiger partial charge >= 0.3 is 0 Å². The van der Waals surface area contributed by atoms with E-state index in [2.05, 4.69) is 27.3 Å². The number of amides is 1. The van der Waals surface area contributed by atoms with Crippen LogP contribution < -0.4 is 24.3 Å². The zero-order chi connectivity index (χ0) is 27.5. The molecule has 0 aliphatic carbocycles. The number of nitrogens with one attached hydrogen (secondary N) is 1. The average Bonchev–Trinajstić information content (AvgIpc) is 2.95. The molecule has 0 unspecified atom stereocenters. The molecule has 38 heavy (non-hydrogen) atoms. The minimum Gasteiger partial charge on any atom is -0.497 e. The highest BCUT2D eigenvalue weighted by Crippen LogP contribution is 2.35. The number of halogens is 1. The quantitative estimate of drug-likeness (QED) is 0.236. The van der Waals surface area contributed by atoms with E-state index < -0.39 is 5.91 Å². The lowest BCUT2D eigenvalue weighted by molar-refractivity contribution is -0.117. The maximum absolute atomic E-state index is 12.8. The van der Waals surface area contributed by atoms with Crippen molar-refractivity contribution in [3.63, 3.8) is 0 Å². The lowest BCUT2D eigenvalue weighted by Gasteiger charge is -2.15. The molecule has 3 aromatic carbocycles. The van der Waals surface area contributed by atoms with Crippen molar-refractivity contribution in [1.29, 1.82) is 10.5 Å². The van der Waals surface area contributed by atoms with Crippen LogP contribution in [-0.2, 0) is 17.9 Å². The Kier molecular flexibility index (Phi) is 10.2. The largest absolute Gasteiger partial charge is 0.497 e. The normalized spacial score (nSPS) is 10.6. The van der Waals surface area contributed by atoms with E-state index >= 15 is 0 Å². The van der Waals surface area contributed by atoms with Crippen LogP contribution in [0, 0.1) is 22.7 Å². The summed E-state index contributed by atoms with van der Waals surface area (Å²) in [6.45, 7) is 2.55. The summed E-state index contributed by atoms with van der Waals surface area (Å²) in [5.41, 5.74) is 2.48. The molecule has 0 spiro atoms. The van der Waals surface area contributed by atoms with Crippen LogP contribution in [0.4, 0.5) is 0 Å². The van der Waals surface area contributed by atoms with Crippen LogP contribution in [0.3, 0.4) is 0 Å². The van der Waals surface area contributed by atoms with E-state index in [4.69, 9.17) is 18.9 Å². The summed E-state index contributed by atoms with van der Waals surface area (Å²) in [4.78, 5) is 12.8. The van der Waals surface area contributed by atoms with E-state index in [1.807, 2.05) is 25.1 Å². The molecule has 0 saturated heterocycles. The van der Waals surface area contributed by atoms with Crippen LogP contribution in [-0.4, -0.2) is 26.7 Å². The molecule has 0 aliphatic heterocycles. The second kappa shape index (κ2) is 13.7. The average molecular weight is 576 g/mol.